The predicted octanol–water partition coefficient (Wildman–Crippen LogP) is 4.46. The average molecular weight is 676 g/mol. The van der Waals surface area contributed by atoms with Gasteiger partial charge in [-0.05, 0) is 65.0 Å². The maximum atomic E-state index is 13.7. The van der Waals surface area contributed by atoms with Crippen molar-refractivity contribution in [1.82, 2.24) is 25.2 Å². The number of ether oxygens (including phenoxy) is 1. The van der Waals surface area contributed by atoms with E-state index in [0.29, 0.717) is 71.2 Å². The van der Waals surface area contributed by atoms with Crippen molar-refractivity contribution in [2.75, 3.05) is 52.1 Å². The molecule has 2 amide bonds. The van der Waals surface area contributed by atoms with Crippen molar-refractivity contribution in [3.63, 3.8) is 0 Å². The average Bonchev–Trinajstić information content (AvgIpc) is 3.40. The van der Waals surface area contributed by atoms with Crippen molar-refractivity contribution in [3.05, 3.63) is 17.0 Å². The molecular formula is C31H48F3N5O6S. The number of nitrogens with zero attached hydrogens (tertiary/aromatic N) is 4. The highest BCUT2D eigenvalue weighted by atomic mass is 32.2. The summed E-state index contributed by atoms with van der Waals surface area (Å²) in [4.78, 5) is 32.1. The van der Waals surface area contributed by atoms with Gasteiger partial charge in [0.1, 0.15) is 16.5 Å². The van der Waals surface area contributed by atoms with E-state index in [9.17, 15) is 31.2 Å². The number of rotatable bonds is 8. The summed E-state index contributed by atoms with van der Waals surface area (Å²) in [7, 11) is -3.56. The number of aromatic nitrogens is 1. The van der Waals surface area contributed by atoms with E-state index < -0.39 is 50.3 Å². The van der Waals surface area contributed by atoms with Crippen molar-refractivity contribution in [3.8, 4) is 0 Å². The van der Waals surface area contributed by atoms with Crippen LogP contribution in [0.25, 0.3) is 0 Å². The number of sulfone groups is 1. The zero-order chi connectivity index (χ0) is 33.5. The number of hydrogen-bond donors (Lipinski definition) is 1. The van der Waals surface area contributed by atoms with Crippen LogP contribution in [0.3, 0.4) is 0 Å². The lowest BCUT2D eigenvalue weighted by Gasteiger charge is -2.55. The Morgan fingerprint density at radius 2 is 1.74 bits per heavy atom. The summed E-state index contributed by atoms with van der Waals surface area (Å²) >= 11 is 0. The minimum absolute atomic E-state index is 0.000165. The normalized spacial score (nSPS) is 25.5. The molecule has 0 radical (unpaired) electrons. The van der Waals surface area contributed by atoms with E-state index in [1.54, 1.807) is 0 Å². The Balaban J connectivity index is 1.26. The highest BCUT2D eigenvalue weighted by Gasteiger charge is 2.54. The van der Waals surface area contributed by atoms with Gasteiger partial charge in [-0.3, -0.25) is 14.6 Å². The van der Waals surface area contributed by atoms with E-state index in [0.717, 1.165) is 32.4 Å². The second-order valence-electron chi connectivity index (χ2n) is 14.0. The quantitative estimate of drug-likeness (QED) is 0.425. The van der Waals surface area contributed by atoms with Crippen LogP contribution in [0.15, 0.2) is 4.52 Å². The lowest BCUT2D eigenvalue weighted by molar-refractivity contribution is -0.156. The van der Waals surface area contributed by atoms with E-state index in [1.165, 1.54) is 23.0 Å². The van der Waals surface area contributed by atoms with Gasteiger partial charge < -0.3 is 19.5 Å². The molecule has 1 aromatic heterocycles. The van der Waals surface area contributed by atoms with Crippen molar-refractivity contribution in [1.29, 1.82) is 0 Å². The van der Waals surface area contributed by atoms with Gasteiger partial charge in [0, 0.05) is 63.3 Å². The summed E-state index contributed by atoms with van der Waals surface area (Å²) in [5.41, 5.74) is -1.57. The number of likely N-dealkylation sites (tertiary alicyclic amines) is 2. The fraction of sp³-hybridized carbons (Fsp3) is 0.839. The summed E-state index contributed by atoms with van der Waals surface area (Å²) in [5.74, 6) is -2.22. The molecule has 1 aromatic rings. The van der Waals surface area contributed by atoms with E-state index in [1.807, 2.05) is 0 Å². The molecule has 0 aliphatic carbocycles. The number of nitrogens with one attached hydrogen (secondary N) is 1. The van der Waals surface area contributed by atoms with Crippen LogP contribution in [0.1, 0.15) is 93.4 Å². The Labute approximate surface area is 269 Å². The smallest absolute Gasteiger partial charge is 0.442 e. The number of aryl methyl sites for hydroxylation is 1. The van der Waals surface area contributed by atoms with E-state index in [-0.39, 0.29) is 23.1 Å². The summed E-state index contributed by atoms with van der Waals surface area (Å²) in [6.07, 6.45) is 2.38. The predicted molar refractivity (Wildman–Crippen MR) is 164 cm³/mol. The molecule has 2 unspecified atom stereocenters. The van der Waals surface area contributed by atoms with Crippen LogP contribution >= 0.6 is 0 Å². The van der Waals surface area contributed by atoms with Crippen molar-refractivity contribution >= 4 is 21.8 Å². The van der Waals surface area contributed by atoms with Crippen LogP contribution in [0.4, 0.5) is 18.0 Å². The number of piperidine rings is 3. The molecule has 0 bridgehead atoms. The highest BCUT2D eigenvalue weighted by Crippen LogP contribution is 2.45. The first-order valence-corrected chi connectivity index (χ1v) is 18.5. The van der Waals surface area contributed by atoms with Crippen LogP contribution < -0.4 is 5.32 Å². The van der Waals surface area contributed by atoms with Gasteiger partial charge in [0.25, 0.3) is 11.7 Å². The molecule has 15 heteroatoms. The SMILES string of the molecule is CCCCC1CN(C(C2CCNCC2)S(C)(=O)=O)C(=O)OC12CCN(C1(C)CCN(C(=O)c3c(C)noc3C(F)(F)F)CC1)CC2. The third kappa shape index (κ3) is 6.92. The molecule has 0 saturated carbocycles. The first-order chi connectivity index (χ1) is 21.6. The van der Waals surface area contributed by atoms with Gasteiger partial charge in [-0.1, -0.05) is 24.9 Å². The first kappa shape index (κ1) is 34.9. The molecule has 2 atom stereocenters. The Morgan fingerprint density at radius 3 is 2.30 bits per heavy atom. The number of amides is 2. The number of carbonyl (C=O) groups is 2. The van der Waals surface area contributed by atoms with Gasteiger partial charge in [0.15, 0.2) is 9.84 Å². The van der Waals surface area contributed by atoms with Gasteiger partial charge in [-0.25, -0.2) is 13.2 Å². The molecule has 0 aromatic carbocycles. The number of alkyl halides is 3. The van der Waals surface area contributed by atoms with E-state index in [4.69, 9.17) is 4.74 Å². The molecule has 260 valence electrons. The zero-order valence-corrected chi connectivity index (χ0v) is 28.1. The molecule has 4 aliphatic heterocycles. The minimum Gasteiger partial charge on any atom is -0.442 e. The van der Waals surface area contributed by atoms with Crippen molar-refractivity contribution in [2.45, 2.75) is 101 Å². The second kappa shape index (κ2) is 13.3. The number of carbonyl (C=O) groups excluding carboxylic acids is 2. The summed E-state index contributed by atoms with van der Waals surface area (Å²) in [6.45, 7) is 9.29. The van der Waals surface area contributed by atoms with Crippen LogP contribution in [0, 0.1) is 18.8 Å². The van der Waals surface area contributed by atoms with Gasteiger partial charge in [0.2, 0.25) is 0 Å². The molecule has 1 N–H and O–H groups in total. The van der Waals surface area contributed by atoms with Crippen molar-refractivity contribution in [2.24, 2.45) is 11.8 Å². The van der Waals surface area contributed by atoms with Crippen LogP contribution in [0.2, 0.25) is 0 Å². The van der Waals surface area contributed by atoms with Gasteiger partial charge in [0.05, 0.1) is 5.69 Å². The summed E-state index contributed by atoms with van der Waals surface area (Å²) in [5, 5.41) is 5.78. The molecule has 46 heavy (non-hydrogen) atoms. The Kier molecular flexibility index (Phi) is 10.1. The van der Waals surface area contributed by atoms with Gasteiger partial charge >= 0.3 is 12.3 Å². The lowest BCUT2D eigenvalue weighted by Crippen LogP contribution is -2.65. The number of unbranched alkanes of at least 4 members (excludes halogenated alkanes) is 1. The first-order valence-electron chi connectivity index (χ1n) is 16.6. The molecule has 4 fully saturated rings. The fourth-order valence-electron chi connectivity index (χ4n) is 8.19. The van der Waals surface area contributed by atoms with Crippen LogP contribution in [-0.2, 0) is 20.8 Å². The lowest BCUT2D eigenvalue weighted by atomic mass is 9.74. The third-order valence-electron chi connectivity index (χ3n) is 11.0. The molecule has 4 saturated heterocycles. The highest BCUT2D eigenvalue weighted by molar-refractivity contribution is 7.91. The van der Waals surface area contributed by atoms with Crippen LogP contribution in [-0.4, -0.2) is 109 Å². The second-order valence-corrected chi connectivity index (χ2v) is 16.1. The van der Waals surface area contributed by atoms with E-state index >= 15 is 0 Å². The van der Waals surface area contributed by atoms with Crippen LogP contribution in [0.5, 0.6) is 0 Å². The molecule has 5 heterocycles. The molecule has 11 nitrogen and oxygen atoms in total. The largest absolute Gasteiger partial charge is 0.453 e. The topological polar surface area (TPSA) is 125 Å². The summed E-state index contributed by atoms with van der Waals surface area (Å²) < 4.78 is 77.3. The Hall–Kier alpha value is -2.39. The van der Waals surface area contributed by atoms with Crippen molar-refractivity contribution < 1.29 is 40.4 Å². The zero-order valence-electron chi connectivity index (χ0n) is 27.3. The van der Waals surface area contributed by atoms with Gasteiger partial charge in [-0.15, -0.1) is 0 Å². The van der Waals surface area contributed by atoms with E-state index in [2.05, 4.69) is 33.7 Å². The number of hydrogen-bond acceptors (Lipinski definition) is 9. The molecule has 1 spiro atoms. The molecule has 5 rings (SSSR count). The fourth-order valence-corrected chi connectivity index (χ4v) is 9.79. The van der Waals surface area contributed by atoms with Gasteiger partial charge in [-0.2, -0.15) is 13.2 Å². The standard InChI is InChI=1S/C31H48F3N5O6S/c1-5-6-7-23-20-39(27(46(4,42)43)22-8-14-35-15-9-22)28(41)44-30(23)12-18-38(19-13-30)29(3)10-16-37(17-11-29)26(40)24-21(2)36-45-25(24)31(32,33)34/h22-23,27,35H,5-20H2,1-4H3. The third-order valence-corrected chi connectivity index (χ3v) is 12.5. The summed E-state index contributed by atoms with van der Waals surface area (Å²) in [6, 6.07) is 0. The molecule has 4 aliphatic rings. The maximum Gasteiger partial charge on any atom is 0.453 e. The maximum absolute atomic E-state index is 13.7. The number of halogens is 3. The Bertz CT molecular complexity index is 1360. The molecular weight excluding hydrogens is 627 g/mol. The Morgan fingerprint density at radius 1 is 1.11 bits per heavy atom. The minimum atomic E-state index is -4.81. The monoisotopic (exact) mass is 675 g/mol.